The number of nitrogens with one attached hydrogen (secondary N) is 20. The topological polar surface area (TPSA) is 850 Å². The fourth-order valence-electron chi connectivity index (χ4n) is 15.0. The number of carbonyl (C=O) groups is 18. The van der Waals surface area contributed by atoms with Gasteiger partial charge >= 0.3 is 24.0 Å². The van der Waals surface area contributed by atoms with Gasteiger partial charge in [-0.15, -0.1) is 0 Å². The number of nitrogens with zero attached hydrogens (tertiary/aromatic N) is 1. The molecule has 13 atom stereocenters. The Morgan fingerprint density at radius 3 is 1.36 bits per heavy atom. The van der Waals surface area contributed by atoms with Crippen molar-refractivity contribution in [3.8, 4) is 11.5 Å². The molecule has 0 saturated carbocycles. The molecule has 0 radical (unpaired) electrons. The van der Waals surface area contributed by atoms with E-state index in [2.05, 4.69) is 90.4 Å². The highest BCUT2D eigenvalue weighted by atomic mass is 33.1. The lowest BCUT2D eigenvalue weighted by Crippen LogP contribution is -2.61. The second kappa shape index (κ2) is 60.1. The van der Waals surface area contributed by atoms with Crippen LogP contribution in [0, 0.1) is 16.2 Å². The second-order valence-corrected chi connectivity index (χ2v) is 35.9. The van der Waals surface area contributed by atoms with Gasteiger partial charge in [0.25, 0.3) is 0 Å². The van der Waals surface area contributed by atoms with Gasteiger partial charge in [0.05, 0.1) is 0 Å². The van der Waals surface area contributed by atoms with Crippen molar-refractivity contribution in [2.24, 2.45) is 40.1 Å². The molecule has 18 amide bonds. The molecule has 0 unspecified atom stereocenters. The average molecular weight is 2000 g/mol. The number of hydrogen-bond donors (Lipinski definition) is 31. The lowest BCUT2D eigenvalue weighted by atomic mass is 10.00. The van der Waals surface area contributed by atoms with Crippen LogP contribution in [0.5, 0.6) is 11.5 Å². The van der Waals surface area contributed by atoms with E-state index < -0.39 is 260 Å². The smallest absolute Gasteiger partial charge is 0.312 e. The number of guanidine groups is 3. The van der Waals surface area contributed by atoms with Crippen LogP contribution in [-0.4, -0.2) is 286 Å². The Labute approximate surface area is 814 Å². The van der Waals surface area contributed by atoms with Gasteiger partial charge in [0.15, 0.2) is 17.9 Å². The summed E-state index contributed by atoms with van der Waals surface area (Å²) in [5.41, 5.74) is 40.4. The lowest BCUT2D eigenvalue weighted by Gasteiger charge is -2.31. The van der Waals surface area contributed by atoms with Gasteiger partial charge in [0.2, 0.25) is 82.7 Å². The number of nitrogens with two attached hydrogens (primary N) is 7. The van der Waals surface area contributed by atoms with E-state index in [-0.39, 0.29) is 166 Å². The van der Waals surface area contributed by atoms with E-state index >= 15 is 52.7 Å². The number of urea groups is 2. The fourth-order valence-corrected chi connectivity index (χ4v) is 17.3. The van der Waals surface area contributed by atoms with E-state index in [1.165, 1.54) is 48.5 Å². The van der Waals surface area contributed by atoms with E-state index in [1.54, 1.807) is 42.5 Å². The number of phenolic OH excluding ortho intramolecular Hbond substituents is 2. The molecule has 0 aromatic heterocycles. The number of hydrogen-bond acceptors (Lipinski definition) is 26. The first-order chi connectivity index (χ1) is 66.7. The van der Waals surface area contributed by atoms with E-state index in [0.29, 0.717) is 16.5 Å². The Balaban J connectivity index is 1.61. The van der Waals surface area contributed by atoms with Crippen LogP contribution in [0.4, 0.5) is 9.59 Å². The molecule has 6 rings (SSSR count). The zero-order valence-corrected chi connectivity index (χ0v) is 78.9. The average Bonchev–Trinajstić information content (AvgIpc) is 1.69. The number of carboxylic acid groups (broad SMARTS) is 2. The maximum absolute atomic E-state index is 15.9. The summed E-state index contributed by atoms with van der Waals surface area (Å²) < 4.78 is 0. The first kappa shape index (κ1) is 114. The summed E-state index contributed by atoms with van der Waals surface area (Å²) >= 11 is 0. The van der Waals surface area contributed by atoms with Crippen molar-refractivity contribution in [1.29, 1.82) is 16.2 Å². The number of unbranched alkanes of at least 4 members (excludes halogenated alkanes) is 1. The third kappa shape index (κ3) is 42.1. The maximum Gasteiger partial charge on any atom is 0.312 e. The highest BCUT2D eigenvalue weighted by Crippen LogP contribution is 2.27. The predicted molar refractivity (Wildman–Crippen MR) is 516 cm³/mol. The molecule has 52 heteroatoms. The lowest BCUT2D eigenvalue weighted by molar-refractivity contribution is -0.143. The summed E-state index contributed by atoms with van der Waals surface area (Å²) in [6.07, 6.45) is -5.28. The van der Waals surface area contributed by atoms with Gasteiger partial charge in [0.1, 0.15) is 90.0 Å². The van der Waals surface area contributed by atoms with Gasteiger partial charge in [-0.1, -0.05) is 88.3 Å². The van der Waals surface area contributed by atoms with Crippen LogP contribution >= 0.6 is 21.6 Å². The van der Waals surface area contributed by atoms with Gasteiger partial charge < -0.3 is 156 Å². The van der Waals surface area contributed by atoms with Crippen molar-refractivity contribution in [3.63, 3.8) is 0 Å². The monoisotopic (exact) mass is 1990 g/mol. The Kier molecular flexibility index (Phi) is 48.9. The highest BCUT2D eigenvalue weighted by molar-refractivity contribution is 8.76. The largest absolute Gasteiger partial charge is 0.508 e. The molecule has 2 aliphatic rings. The zero-order chi connectivity index (χ0) is 103. The molecule has 2 saturated heterocycles. The molecule has 4 aromatic carbocycles. The highest BCUT2D eigenvalue weighted by Gasteiger charge is 2.43. The van der Waals surface area contributed by atoms with Gasteiger partial charge in [-0.3, -0.25) is 92.9 Å². The minimum Gasteiger partial charge on any atom is -0.508 e. The standard InChI is InChI=1S/C88H130N28O22S2/c89-35-4-3-14-57-75(128)110-61(33-34-70(122)123)83(136)116-41-11-20-67(116)82(135)113-63(44-49-26-31-54(118)32-27-49)78(131)109-58(17-8-38-101-86(95)96)74(127)107-60(19-10-40-103-88(98)138)76(129)114-65(80(133)105-55(71(90)124)15-6-36-99-84(91)92)46-139-140-47-66(81(134)112-62(43-48-24-29-53(117)30-25-48)77(130)108-59(73(126)106-57)18-9-39-102-87(97)137)115-79(132)64(45-50-23-28-51-12-1-2-13-52(51)42-50)111-72(125)56(16-7-37-100-85(93)94)104-68(119)21-5-22-69(120)121/h1-2,12-13,23-32,42,55-67,117-118H,3-11,14-22,33-41,43-47,89H2,(H2,90,124)(H,104,119)(H,105,133)(H,106,126)(H,107,127)(H,108,130)(H,109,131)(H,110,128)(H,111,125)(H,112,134)(H,113,135)(H,114,129)(H,115,132)(H,120,121)(H,122,123)(H4,91,92,99)(H4,93,94,100)(H4,95,96,101)(H3,97,102,137)(H3,98,103,138)/t55-,56-,57-,58-,59-,60-,61+,62-,63-,64-,65-,66-,67-/m0/s1. The predicted octanol–water partition coefficient (Wildman–Crippen LogP) is -5.10. The number of fused-ring (bicyclic) bond motifs is 2. The van der Waals surface area contributed by atoms with Crippen LogP contribution in [0.25, 0.3) is 10.8 Å². The molecule has 0 aliphatic carbocycles. The van der Waals surface area contributed by atoms with E-state index in [4.69, 9.17) is 56.4 Å². The maximum atomic E-state index is 15.9. The number of rotatable bonds is 45. The summed E-state index contributed by atoms with van der Waals surface area (Å²) in [7, 11) is 1.45. The third-order valence-corrected chi connectivity index (χ3v) is 24.7. The van der Waals surface area contributed by atoms with Crippen LogP contribution in [0.1, 0.15) is 145 Å². The zero-order valence-electron chi connectivity index (χ0n) is 77.2. The SMILES string of the molecule is N=C(N)NCCC[C@H](NC(=O)[C@@H]1CSSC[C@H](NC(=O)[C@H](Cc2ccc3ccccc3c2)NC(=O)[C@H](CCCNC(=N)N)NC(=O)CCCC(=O)O)C(=O)N[C@@H](Cc2ccc(O)cc2)C(=O)N[C@@H](CCCNC(N)=O)C(=O)N[C@@H](CCCCN)C(=O)N[C@H](CCC(=O)O)C(=O)N2CCC[C@H]2C(=O)N[C@@H](Cc2ccc(O)cc2)C(=O)N[C@@H](CCCNC(=N)N)C(=O)N[C@@H](CCCNC(N)=O)C(=O)N1)C(N)=O. The van der Waals surface area contributed by atoms with Gasteiger partial charge in [-0.05, 0) is 167 Å². The number of benzene rings is 4. The quantitative estimate of drug-likeness (QED) is 0.00852. The number of amides is 18. The number of aliphatic carboxylic acids is 2. The molecule has 2 aliphatic heterocycles. The van der Waals surface area contributed by atoms with Crippen LogP contribution in [0.15, 0.2) is 91.0 Å². The van der Waals surface area contributed by atoms with Crippen molar-refractivity contribution < 1.29 is 107 Å². The molecule has 0 bridgehead atoms. The number of carbonyl (C=O) groups excluding carboxylic acids is 16. The summed E-state index contributed by atoms with van der Waals surface area (Å²) in [4.78, 5) is 260. The summed E-state index contributed by atoms with van der Waals surface area (Å²) in [6.45, 7) is -0.716. The van der Waals surface area contributed by atoms with E-state index in [1.807, 2.05) is 0 Å². The van der Waals surface area contributed by atoms with Gasteiger partial charge in [-0.25, -0.2) is 9.59 Å². The Morgan fingerprint density at radius 1 is 0.429 bits per heavy atom. The minimum atomic E-state index is -1.93. The number of phenols is 2. The minimum absolute atomic E-state index is 0.00105. The van der Waals surface area contributed by atoms with Crippen LogP contribution < -0.4 is 131 Å². The van der Waals surface area contributed by atoms with Crippen molar-refractivity contribution >= 4 is 157 Å². The van der Waals surface area contributed by atoms with Crippen molar-refractivity contribution in [3.05, 3.63) is 108 Å². The molecule has 2 heterocycles. The molecule has 4 aromatic rings. The molecule has 38 N–H and O–H groups in total. The Hall–Kier alpha value is -14.7. The molecule has 766 valence electrons. The molecule has 140 heavy (non-hydrogen) atoms. The van der Waals surface area contributed by atoms with Crippen molar-refractivity contribution in [2.75, 3.05) is 57.3 Å². The van der Waals surface area contributed by atoms with Crippen molar-refractivity contribution in [1.82, 2.24) is 95.3 Å². The van der Waals surface area contributed by atoms with Gasteiger partial charge in [0, 0.05) is 89.3 Å². The second-order valence-electron chi connectivity index (χ2n) is 33.4. The first-order valence-corrected chi connectivity index (χ1v) is 48.1. The molecular formula is C88H130N28O22S2. The first-order valence-electron chi connectivity index (χ1n) is 45.6. The summed E-state index contributed by atoms with van der Waals surface area (Å²) in [6, 6.07) is -1.39. The number of primary amides is 3. The normalized spacial score (nSPS) is 20.1. The van der Waals surface area contributed by atoms with Crippen molar-refractivity contribution in [2.45, 2.75) is 226 Å². The summed E-state index contributed by atoms with van der Waals surface area (Å²) in [5.74, 6) is -20.6. The third-order valence-electron chi connectivity index (χ3n) is 22.3. The Morgan fingerprint density at radius 2 is 0.871 bits per heavy atom. The molecule has 2 fully saturated rings. The van der Waals surface area contributed by atoms with Crippen LogP contribution in [-0.2, 0) is 96.0 Å². The molecule has 50 nitrogen and oxygen atoms in total. The van der Waals surface area contributed by atoms with E-state index in [9.17, 15) is 54.0 Å². The number of carboxylic acids is 2. The fraction of sp³-hybridized carbons (Fsp3) is 0.511. The van der Waals surface area contributed by atoms with Gasteiger partial charge in [-0.2, -0.15) is 0 Å². The van der Waals surface area contributed by atoms with Crippen LogP contribution in [0.2, 0.25) is 0 Å². The summed E-state index contributed by atoms with van der Waals surface area (Å²) in [5, 5.41) is 109. The van der Waals surface area contributed by atoms with E-state index in [0.717, 1.165) is 31.9 Å². The molecular weight excluding hydrogens is 1870 g/mol. The number of aromatic hydroxyl groups is 2. The van der Waals surface area contributed by atoms with Crippen LogP contribution in [0.3, 0.4) is 0 Å². The molecule has 0 spiro atoms. The Bertz CT molecular complexity index is 4970.